The molecule has 2 atom stereocenters. The van der Waals surface area contributed by atoms with E-state index in [1.54, 1.807) is 6.92 Å². The van der Waals surface area contributed by atoms with Gasteiger partial charge in [0.05, 0.1) is 0 Å². The number of benzene rings is 1. The molecule has 0 bridgehead atoms. The first-order chi connectivity index (χ1) is 8.85. The quantitative estimate of drug-likeness (QED) is 0.856. The van der Waals surface area contributed by atoms with E-state index >= 15 is 0 Å². The van der Waals surface area contributed by atoms with Crippen LogP contribution in [0.15, 0.2) is 12.1 Å². The van der Waals surface area contributed by atoms with E-state index < -0.39 is 5.82 Å². The summed E-state index contributed by atoms with van der Waals surface area (Å²) in [5, 5.41) is 0. The molecule has 0 saturated heterocycles. The number of hydrogen-bond donors (Lipinski definition) is 1. The number of rotatable bonds is 2. The maximum Gasteiger partial charge on any atom is 0.132 e. The molecule has 1 aromatic carbocycles. The molecule has 1 saturated carbocycles. The fraction of sp³-hybridized carbons (Fsp3) is 0.625. The monoisotopic (exact) mass is 267 g/mol. The minimum atomic E-state index is -0.427. The van der Waals surface area contributed by atoms with Gasteiger partial charge in [-0.15, -0.1) is 0 Å². The van der Waals surface area contributed by atoms with Crippen LogP contribution in [0.1, 0.15) is 50.2 Å². The van der Waals surface area contributed by atoms with Crippen molar-refractivity contribution < 1.29 is 8.78 Å². The Labute approximate surface area is 114 Å². The molecular weight excluding hydrogens is 244 g/mol. The molecule has 1 aliphatic rings. The molecule has 0 aliphatic heterocycles. The van der Waals surface area contributed by atoms with Gasteiger partial charge >= 0.3 is 0 Å². The van der Waals surface area contributed by atoms with Gasteiger partial charge in [0.15, 0.2) is 0 Å². The summed E-state index contributed by atoms with van der Waals surface area (Å²) in [6.45, 7) is 6.51. The molecule has 0 radical (unpaired) electrons. The van der Waals surface area contributed by atoms with Gasteiger partial charge in [-0.3, -0.25) is 0 Å². The first-order valence-corrected chi connectivity index (χ1v) is 7.00. The second kappa shape index (κ2) is 5.20. The first-order valence-electron chi connectivity index (χ1n) is 7.00. The molecule has 2 unspecified atom stereocenters. The van der Waals surface area contributed by atoms with E-state index in [0.29, 0.717) is 12.1 Å². The van der Waals surface area contributed by atoms with Crippen molar-refractivity contribution >= 4 is 0 Å². The maximum absolute atomic E-state index is 14.3. The molecule has 2 rings (SSSR count). The average Bonchev–Trinajstić information content (AvgIpc) is 2.34. The van der Waals surface area contributed by atoms with E-state index in [0.717, 1.165) is 19.3 Å². The molecule has 106 valence electrons. The van der Waals surface area contributed by atoms with E-state index in [-0.39, 0.29) is 28.6 Å². The van der Waals surface area contributed by atoms with Crippen LogP contribution in [-0.4, -0.2) is 6.54 Å². The van der Waals surface area contributed by atoms with E-state index in [1.807, 2.05) is 0 Å². The maximum atomic E-state index is 14.3. The lowest BCUT2D eigenvalue weighted by molar-refractivity contribution is 0.161. The van der Waals surface area contributed by atoms with Crippen LogP contribution in [0.25, 0.3) is 0 Å². The van der Waals surface area contributed by atoms with Crippen molar-refractivity contribution in [3.05, 3.63) is 34.9 Å². The number of aryl methyl sites for hydroxylation is 1. The molecule has 3 heteroatoms. The highest BCUT2D eigenvalue weighted by Gasteiger charge is 2.37. The molecule has 1 aliphatic carbocycles. The van der Waals surface area contributed by atoms with Crippen molar-refractivity contribution in [3.8, 4) is 0 Å². The topological polar surface area (TPSA) is 26.0 Å². The van der Waals surface area contributed by atoms with Gasteiger partial charge in [0.2, 0.25) is 0 Å². The molecule has 1 fully saturated rings. The van der Waals surface area contributed by atoms with Crippen LogP contribution in [0.5, 0.6) is 0 Å². The number of halogens is 2. The molecule has 1 aromatic rings. The van der Waals surface area contributed by atoms with Crippen LogP contribution in [0.3, 0.4) is 0 Å². The largest absolute Gasteiger partial charge is 0.330 e. The van der Waals surface area contributed by atoms with Gasteiger partial charge in [-0.25, -0.2) is 8.78 Å². The second-order valence-electron chi connectivity index (χ2n) is 6.60. The second-order valence-corrected chi connectivity index (χ2v) is 6.60. The molecular formula is C16H23F2N. The predicted octanol–water partition coefficient (Wildman–Crippen LogP) is 4.14. The SMILES string of the molecule is Cc1ccc(F)c(C2CC(C)(C)CCC2CN)c1F. The molecule has 2 N–H and O–H groups in total. The summed E-state index contributed by atoms with van der Waals surface area (Å²) in [4.78, 5) is 0. The Kier molecular flexibility index (Phi) is 3.95. The van der Waals surface area contributed by atoms with Crippen LogP contribution in [0.4, 0.5) is 8.78 Å². The van der Waals surface area contributed by atoms with Crippen molar-refractivity contribution in [3.63, 3.8) is 0 Å². The van der Waals surface area contributed by atoms with Gasteiger partial charge in [-0.1, -0.05) is 19.9 Å². The van der Waals surface area contributed by atoms with Crippen molar-refractivity contribution in [1.29, 1.82) is 0 Å². The fourth-order valence-corrected chi connectivity index (χ4v) is 3.28. The lowest BCUT2D eigenvalue weighted by atomic mass is 9.65. The predicted molar refractivity (Wildman–Crippen MR) is 74.0 cm³/mol. The van der Waals surface area contributed by atoms with E-state index in [1.165, 1.54) is 12.1 Å². The zero-order chi connectivity index (χ0) is 14.2. The lowest BCUT2D eigenvalue weighted by Crippen LogP contribution is -2.33. The Balaban J connectivity index is 2.45. The zero-order valence-electron chi connectivity index (χ0n) is 12.0. The summed E-state index contributed by atoms with van der Waals surface area (Å²) in [6, 6.07) is 2.88. The van der Waals surface area contributed by atoms with Gasteiger partial charge < -0.3 is 5.73 Å². The normalized spacial score (nSPS) is 26.4. The molecule has 0 aromatic heterocycles. The summed E-state index contributed by atoms with van der Waals surface area (Å²) in [6.07, 6.45) is 2.81. The van der Waals surface area contributed by atoms with Gasteiger partial charge in [-0.05, 0) is 61.6 Å². The molecule has 0 amide bonds. The summed E-state index contributed by atoms with van der Waals surface area (Å²) < 4.78 is 28.4. The Morgan fingerprint density at radius 2 is 2.00 bits per heavy atom. The smallest absolute Gasteiger partial charge is 0.132 e. The van der Waals surface area contributed by atoms with E-state index in [9.17, 15) is 8.78 Å². The third-order valence-corrected chi connectivity index (χ3v) is 4.53. The summed E-state index contributed by atoms with van der Waals surface area (Å²) in [5.74, 6) is -0.738. The fourth-order valence-electron chi connectivity index (χ4n) is 3.28. The van der Waals surface area contributed by atoms with Crippen molar-refractivity contribution in [1.82, 2.24) is 0 Å². The van der Waals surface area contributed by atoms with Crippen LogP contribution in [-0.2, 0) is 0 Å². The Morgan fingerprint density at radius 1 is 1.32 bits per heavy atom. The van der Waals surface area contributed by atoms with Gasteiger partial charge in [0, 0.05) is 5.56 Å². The molecule has 0 heterocycles. The van der Waals surface area contributed by atoms with Crippen LogP contribution in [0, 0.1) is 29.9 Å². The standard InChI is InChI=1S/C16H23F2N/c1-10-4-5-13(17)14(15(10)18)12-8-16(2,3)7-6-11(12)9-19/h4-5,11-12H,6-9,19H2,1-3H3. The number of hydrogen-bond acceptors (Lipinski definition) is 1. The summed E-state index contributed by atoms with van der Waals surface area (Å²) >= 11 is 0. The average molecular weight is 267 g/mol. The molecule has 1 nitrogen and oxygen atoms in total. The van der Waals surface area contributed by atoms with Crippen LogP contribution in [0.2, 0.25) is 0 Å². The Hall–Kier alpha value is -0.960. The highest BCUT2D eigenvalue weighted by Crippen LogP contribution is 2.47. The minimum Gasteiger partial charge on any atom is -0.330 e. The van der Waals surface area contributed by atoms with Crippen molar-refractivity contribution in [2.24, 2.45) is 17.1 Å². The van der Waals surface area contributed by atoms with Gasteiger partial charge in [0.1, 0.15) is 11.6 Å². The highest BCUT2D eigenvalue weighted by molar-refractivity contribution is 5.31. The van der Waals surface area contributed by atoms with E-state index in [2.05, 4.69) is 13.8 Å². The lowest BCUT2D eigenvalue weighted by Gasteiger charge is -2.41. The van der Waals surface area contributed by atoms with Crippen LogP contribution >= 0.6 is 0 Å². The molecule has 19 heavy (non-hydrogen) atoms. The van der Waals surface area contributed by atoms with Crippen molar-refractivity contribution in [2.45, 2.75) is 46.0 Å². The van der Waals surface area contributed by atoms with Crippen LogP contribution < -0.4 is 5.73 Å². The third kappa shape index (κ3) is 2.81. The Bertz CT molecular complexity index is 468. The first kappa shape index (κ1) is 14.4. The minimum absolute atomic E-state index is 0.103. The van der Waals surface area contributed by atoms with Gasteiger partial charge in [0.25, 0.3) is 0 Å². The highest BCUT2D eigenvalue weighted by atomic mass is 19.1. The number of nitrogens with two attached hydrogens (primary N) is 1. The van der Waals surface area contributed by atoms with Gasteiger partial charge in [-0.2, -0.15) is 0 Å². The van der Waals surface area contributed by atoms with E-state index in [4.69, 9.17) is 5.73 Å². The summed E-state index contributed by atoms with van der Waals surface area (Å²) in [5.41, 5.74) is 6.70. The zero-order valence-corrected chi connectivity index (χ0v) is 12.0. The summed E-state index contributed by atoms with van der Waals surface area (Å²) in [7, 11) is 0. The molecule has 0 spiro atoms. The Morgan fingerprint density at radius 3 is 2.63 bits per heavy atom. The van der Waals surface area contributed by atoms with Crippen molar-refractivity contribution in [2.75, 3.05) is 6.54 Å². The third-order valence-electron chi connectivity index (χ3n) is 4.53.